The van der Waals surface area contributed by atoms with Crippen molar-refractivity contribution in [3.05, 3.63) is 69.7 Å². The summed E-state index contributed by atoms with van der Waals surface area (Å²) in [5, 5.41) is 4.95. The van der Waals surface area contributed by atoms with Crippen molar-refractivity contribution >= 4 is 29.0 Å². The Labute approximate surface area is 146 Å². The maximum Gasteiger partial charge on any atom is 0.142 e. The third-order valence-corrected chi connectivity index (χ3v) is 5.38. The van der Waals surface area contributed by atoms with Crippen LogP contribution < -0.4 is 5.32 Å². The van der Waals surface area contributed by atoms with Crippen molar-refractivity contribution in [2.45, 2.75) is 32.4 Å². The van der Waals surface area contributed by atoms with E-state index in [4.69, 9.17) is 23.2 Å². The average Bonchev–Trinajstić information content (AvgIpc) is 2.51. The van der Waals surface area contributed by atoms with Crippen molar-refractivity contribution in [2.75, 3.05) is 0 Å². The van der Waals surface area contributed by atoms with E-state index in [1.54, 1.807) is 0 Å². The highest BCUT2D eigenvalue weighted by atomic mass is 35.5. The molecule has 1 saturated heterocycles. The highest BCUT2D eigenvalue weighted by Crippen LogP contribution is 2.45. The summed E-state index contributed by atoms with van der Waals surface area (Å²) in [6, 6.07) is 15.1. The van der Waals surface area contributed by atoms with Crippen LogP contribution in [-0.2, 0) is 4.79 Å². The Kier molecular flexibility index (Phi) is 4.50. The van der Waals surface area contributed by atoms with Gasteiger partial charge in [-0.2, -0.15) is 0 Å². The summed E-state index contributed by atoms with van der Waals surface area (Å²) >= 11 is 12.7. The molecule has 1 aliphatic heterocycles. The molecule has 4 heteroatoms. The van der Waals surface area contributed by atoms with Crippen LogP contribution in [0.5, 0.6) is 0 Å². The number of benzene rings is 2. The van der Waals surface area contributed by atoms with Crippen molar-refractivity contribution < 1.29 is 4.79 Å². The zero-order valence-corrected chi connectivity index (χ0v) is 14.7. The number of carbonyl (C=O) groups excluding carboxylic acids is 1. The van der Waals surface area contributed by atoms with E-state index in [1.807, 2.05) is 62.4 Å². The molecule has 1 aliphatic rings. The molecule has 0 spiro atoms. The first-order chi connectivity index (χ1) is 10.9. The SMILES string of the molecule is CC1(C)C(=O)C[C@H](c2ccccc2Cl)N[C@@H]1c1ccccc1Cl. The summed E-state index contributed by atoms with van der Waals surface area (Å²) < 4.78 is 0. The van der Waals surface area contributed by atoms with Crippen LogP contribution in [0.15, 0.2) is 48.5 Å². The van der Waals surface area contributed by atoms with E-state index in [9.17, 15) is 4.79 Å². The number of ketones is 1. The van der Waals surface area contributed by atoms with Gasteiger partial charge >= 0.3 is 0 Å². The maximum absolute atomic E-state index is 12.8. The fraction of sp³-hybridized carbons (Fsp3) is 0.316. The number of Topliss-reactive ketones (excluding diaryl/α,β-unsaturated/α-hetero) is 1. The Bertz CT molecular complexity index is 742. The molecular weight excluding hydrogens is 329 g/mol. The summed E-state index contributed by atoms with van der Waals surface area (Å²) in [6.07, 6.45) is 0.428. The topological polar surface area (TPSA) is 29.1 Å². The van der Waals surface area contributed by atoms with Gasteiger partial charge in [0.25, 0.3) is 0 Å². The lowest BCUT2D eigenvalue weighted by molar-refractivity contribution is -0.132. The Balaban J connectivity index is 2.02. The van der Waals surface area contributed by atoms with Gasteiger partial charge in [-0.05, 0) is 23.3 Å². The summed E-state index contributed by atoms with van der Waals surface area (Å²) in [4.78, 5) is 12.8. The fourth-order valence-electron chi connectivity index (χ4n) is 3.22. The molecule has 2 aromatic rings. The van der Waals surface area contributed by atoms with E-state index >= 15 is 0 Å². The van der Waals surface area contributed by atoms with Crippen LogP contribution in [0.1, 0.15) is 43.5 Å². The first kappa shape index (κ1) is 16.5. The second-order valence-corrected chi connectivity index (χ2v) is 7.36. The van der Waals surface area contributed by atoms with Gasteiger partial charge in [-0.1, -0.05) is 73.4 Å². The van der Waals surface area contributed by atoms with Crippen molar-refractivity contribution in [3.8, 4) is 0 Å². The minimum atomic E-state index is -0.525. The highest BCUT2D eigenvalue weighted by Gasteiger charge is 2.44. The molecule has 2 atom stereocenters. The van der Waals surface area contributed by atoms with E-state index in [-0.39, 0.29) is 17.9 Å². The predicted molar refractivity (Wildman–Crippen MR) is 94.9 cm³/mol. The molecule has 0 saturated carbocycles. The van der Waals surface area contributed by atoms with Crippen molar-refractivity contribution in [1.29, 1.82) is 0 Å². The van der Waals surface area contributed by atoms with E-state index in [0.717, 1.165) is 11.1 Å². The van der Waals surface area contributed by atoms with Gasteiger partial charge in [0.05, 0.1) is 0 Å². The summed E-state index contributed by atoms with van der Waals surface area (Å²) in [6.45, 7) is 3.94. The van der Waals surface area contributed by atoms with Gasteiger partial charge < -0.3 is 5.32 Å². The smallest absolute Gasteiger partial charge is 0.142 e. The number of hydrogen-bond donors (Lipinski definition) is 1. The van der Waals surface area contributed by atoms with Crippen molar-refractivity contribution in [2.24, 2.45) is 5.41 Å². The van der Waals surface area contributed by atoms with Gasteiger partial charge in [0.15, 0.2) is 0 Å². The molecule has 1 N–H and O–H groups in total. The standard InChI is InChI=1S/C19H19Cl2NO/c1-19(2)17(23)11-16(12-7-3-5-9-14(12)20)22-18(19)13-8-4-6-10-15(13)21/h3-10,16,18,22H,11H2,1-2H3/t16-,18-/m1/s1. The quantitative estimate of drug-likeness (QED) is 0.791. The molecule has 2 nitrogen and oxygen atoms in total. The lowest BCUT2D eigenvalue weighted by Gasteiger charge is -2.42. The minimum absolute atomic E-state index is 0.106. The Morgan fingerprint density at radius 2 is 1.48 bits per heavy atom. The van der Waals surface area contributed by atoms with E-state index in [2.05, 4.69) is 5.32 Å². The van der Waals surface area contributed by atoms with E-state index in [0.29, 0.717) is 16.5 Å². The fourth-order valence-corrected chi connectivity index (χ4v) is 3.74. The molecule has 1 heterocycles. The number of hydrogen-bond acceptors (Lipinski definition) is 2. The monoisotopic (exact) mass is 347 g/mol. The molecule has 1 fully saturated rings. The van der Waals surface area contributed by atoms with Gasteiger partial charge in [-0.3, -0.25) is 4.79 Å². The zero-order valence-electron chi connectivity index (χ0n) is 13.1. The molecule has 0 aromatic heterocycles. The van der Waals surface area contributed by atoms with Crippen LogP contribution in [0, 0.1) is 5.41 Å². The second-order valence-electron chi connectivity index (χ2n) is 6.54. The molecule has 2 aromatic carbocycles. The molecule has 120 valence electrons. The van der Waals surface area contributed by atoms with E-state index < -0.39 is 5.41 Å². The van der Waals surface area contributed by atoms with Gasteiger partial charge in [0.1, 0.15) is 5.78 Å². The lowest BCUT2D eigenvalue weighted by Crippen LogP contribution is -2.47. The number of carbonyl (C=O) groups is 1. The van der Waals surface area contributed by atoms with E-state index in [1.165, 1.54) is 0 Å². The zero-order chi connectivity index (χ0) is 16.6. The molecule has 0 radical (unpaired) electrons. The molecule has 0 bridgehead atoms. The van der Waals surface area contributed by atoms with Crippen LogP contribution in [0.2, 0.25) is 10.0 Å². The van der Waals surface area contributed by atoms with Gasteiger partial charge in [-0.25, -0.2) is 0 Å². The van der Waals surface area contributed by atoms with Crippen LogP contribution in [0.4, 0.5) is 0 Å². The van der Waals surface area contributed by atoms with Crippen molar-refractivity contribution in [1.82, 2.24) is 5.32 Å². The van der Waals surface area contributed by atoms with Gasteiger partial charge in [0.2, 0.25) is 0 Å². The molecule has 0 unspecified atom stereocenters. The van der Waals surface area contributed by atoms with Crippen LogP contribution in [0.25, 0.3) is 0 Å². The predicted octanol–water partition coefficient (Wildman–Crippen LogP) is 5.36. The van der Waals surface area contributed by atoms with Gasteiger partial charge in [-0.15, -0.1) is 0 Å². The number of nitrogens with one attached hydrogen (secondary N) is 1. The molecule has 3 rings (SSSR count). The average molecular weight is 348 g/mol. The number of piperidine rings is 1. The van der Waals surface area contributed by atoms with Crippen LogP contribution in [-0.4, -0.2) is 5.78 Å². The minimum Gasteiger partial charge on any atom is -0.302 e. The summed E-state index contributed by atoms with van der Waals surface area (Å²) in [7, 11) is 0. The highest BCUT2D eigenvalue weighted by molar-refractivity contribution is 6.31. The Hall–Kier alpha value is -1.35. The van der Waals surface area contributed by atoms with Crippen LogP contribution >= 0.6 is 23.2 Å². The first-order valence-corrected chi connectivity index (χ1v) is 8.45. The largest absolute Gasteiger partial charge is 0.302 e. The third kappa shape index (κ3) is 3.03. The second kappa shape index (κ2) is 6.27. The Morgan fingerprint density at radius 1 is 0.957 bits per heavy atom. The molecular formula is C19H19Cl2NO. The third-order valence-electron chi connectivity index (χ3n) is 4.69. The van der Waals surface area contributed by atoms with Crippen LogP contribution in [0.3, 0.4) is 0 Å². The van der Waals surface area contributed by atoms with Crippen molar-refractivity contribution in [3.63, 3.8) is 0 Å². The Morgan fingerprint density at radius 3 is 2.04 bits per heavy atom. The van der Waals surface area contributed by atoms with Gasteiger partial charge in [0, 0.05) is 34.0 Å². The normalized spacial score (nSPS) is 23.7. The molecule has 23 heavy (non-hydrogen) atoms. The molecule has 0 aliphatic carbocycles. The summed E-state index contributed by atoms with van der Waals surface area (Å²) in [5.74, 6) is 0.214. The summed E-state index contributed by atoms with van der Waals surface area (Å²) in [5.41, 5.74) is 1.38. The number of halogens is 2. The first-order valence-electron chi connectivity index (χ1n) is 7.69. The molecule has 0 amide bonds. The number of rotatable bonds is 2. The lowest BCUT2D eigenvalue weighted by atomic mass is 9.71. The maximum atomic E-state index is 12.8.